The lowest BCUT2D eigenvalue weighted by Gasteiger charge is -2.27. The first-order chi connectivity index (χ1) is 33.8. The van der Waals surface area contributed by atoms with Gasteiger partial charge in [0.15, 0.2) is 0 Å². The number of benzene rings is 10. The lowest BCUT2D eigenvalue weighted by Crippen LogP contribution is -2.10. The largest absolute Gasteiger partial charge is 0.313 e. The number of allylic oxidation sites excluding steroid dienone is 4. The second-order valence-corrected chi connectivity index (χ2v) is 17.6. The molecule has 0 saturated carbocycles. The third-order valence-electron chi connectivity index (χ3n) is 13.7. The van der Waals surface area contributed by atoms with Crippen LogP contribution in [0.5, 0.6) is 0 Å². The number of nitrogens with zero attached hydrogens (tertiary/aromatic N) is 4. The zero-order valence-corrected chi connectivity index (χ0v) is 37.5. The van der Waals surface area contributed by atoms with Crippen LogP contribution in [-0.4, -0.2) is 9.13 Å². The maximum absolute atomic E-state index is 2.46. The maximum atomic E-state index is 2.46. The molecule has 0 saturated heterocycles. The molecule has 68 heavy (non-hydrogen) atoms. The van der Waals surface area contributed by atoms with E-state index in [-0.39, 0.29) is 0 Å². The van der Waals surface area contributed by atoms with E-state index in [2.05, 4.69) is 274 Å². The van der Waals surface area contributed by atoms with Crippen LogP contribution in [0.25, 0.3) is 76.9 Å². The lowest BCUT2D eigenvalue weighted by atomic mass is 9.96. The van der Waals surface area contributed by atoms with Crippen LogP contribution < -0.4 is 9.80 Å². The fourth-order valence-electron chi connectivity index (χ4n) is 10.7. The first-order valence-electron chi connectivity index (χ1n) is 23.6. The van der Waals surface area contributed by atoms with E-state index in [9.17, 15) is 0 Å². The fourth-order valence-corrected chi connectivity index (χ4v) is 10.7. The van der Waals surface area contributed by atoms with Crippen LogP contribution in [0.15, 0.2) is 255 Å². The smallest absolute Gasteiger partial charge is 0.0542 e. The van der Waals surface area contributed by atoms with Crippen LogP contribution in [-0.2, 0) is 0 Å². The molecule has 0 N–H and O–H groups in total. The zero-order valence-electron chi connectivity index (χ0n) is 37.5. The van der Waals surface area contributed by atoms with Crippen molar-refractivity contribution < 1.29 is 0 Å². The molecule has 0 fully saturated rings. The molecule has 13 rings (SSSR count). The third kappa shape index (κ3) is 6.60. The first kappa shape index (κ1) is 39.5. The minimum absolute atomic E-state index is 1.02. The highest BCUT2D eigenvalue weighted by atomic mass is 15.2. The van der Waals surface area contributed by atoms with Gasteiger partial charge in [0.1, 0.15) is 0 Å². The second kappa shape index (κ2) is 16.5. The summed E-state index contributed by atoms with van der Waals surface area (Å²) >= 11 is 0. The maximum Gasteiger partial charge on any atom is 0.0542 e. The number of hydrogen-bond acceptors (Lipinski definition) is 2. The van der Waals surface area contributed by atoms with Gasteiger partial charge in [-0.25, -0.2) is 0 Å². The topological polar surface area (TPSA) is 16.3 Å². The number of anilines is 6. The Hall–Kier alpha value is -8.86. The minimum atomic E-state index is 1.02. The molecule has 0 spiro atoms. The van der Waals surface area contributed by atoms with Gasteiger partial charge in [0.05, 0.1) is 27.8 Å². The molecular formula is C64H46N4. The van der Waals surface area contributed by atoms with Gasteiger partial charge in [-0.05, 0) is 139 Å². The van der Waals surface area contributed by atoms with E-state index in [0.29, 0.717) is 0 Å². The van der Waals surface area contributed by atoms with Crippen LogP contribution in [0.4, 0.5) is 34.1 Å². The molecule has 2 heterocycles. The van der Waals surface area contributed by atoms with Crippen molar-refractivity contribution in [2.24, 2.45) is 0 Å². The summed E-state index contributed by atoms with van der Waals surface area (Å²) in [6, 6.07) is 86.2. The fraction of sp³-hybridized carbons (Fsp3) is 0.0312. The predicted octanol–water partition coefficient (Wildman–Crippen LogP) is 17.8. The van der Waals surface area contributed by atoms with Crippen LogP contribution >= 0.6 is 0 Å². The summed E-state index contributed by atoms with van der Waals surface area (Å²) in [6.45, 7) is 0. The highest BCUT2D eigenvalue weighted by Crippen LogP contribution is 2.45. The Kier molecular flexibility index (Phi) is 9.61. The molecule has 0 amide bonds. The van der Waals surface area contributed by atoms with Gasteiger partial charge < -0.3 is 18.9 Å². The monoisotopic (exact) mass is 870 g/mol. The van der Waals surface area contributed by atoms with Crippen molar-refractivity contribution in [2.45, 2.75) is 12.8 Å². The molecule has 1 aliphatic rings. The zero-order chi connectivity index (χ0) is 45.0. The summed E-state index contributed by atoms with van der Waals surface area (Å²) in [7, 11) is 0. The Balaban J connectivity index is 0.913. The van der Waals surface area contributed by atoms with E-state index in [1.165, 1.54) is 71.2 Å². The number of para-hydroxylation sites is 5. The van der Waals surface area contributed by atoms with E-state index >= 15 is 0 Å². The van der Waals surface area contributed by atoms with E-state index < -0.39 is 0 Å². The molecular weight excluding hydrogens is 825 g/mol. The second-order valence-electron chi connectivity index (χ2n) is 17.6. The van der Waals surface area contributed by atoms with Gasteiger partial charge >= 0.3 is 0 Å². The van der Waals surface area contributed by atoms with Crippen molar-refractivity contribution in [3.63, 3.8) is 0 Å². The SMILES string of the molecule is C1=CCCC(n2c3ccccc3c3cc(N(c4ccccc4)c4ccc(-c5cccc6c(N(c7ccccc7)c7ccc8c(c7)c7ccccc7n8-c7ccccc7)cccc56)cc4)ccc32)=C1. The molecule has 322 valence electrons. The number of fused-ring (bicyclic) bond motifs is 7. The van der Waals surface area contributed by atoms with Crippen LogP contribution in [0.3, 0.4) is 0 Å². The Morgan fingerprint density at radius 2 is 0.838 bits per heavy atom. The first-order valence-corrected chi connectivity index (χ1v) is 23.6. The van der Waals surface area contributed by atoms with Gasteiger partial charge in [0, 0.05) is 66.8 Å². The molecule has 0 atom stereocenters. The molecule has 0 aliphatic heterocycles. The van der Waals surface area contributed by atoms with Crippen molar-refractivity contribution in [2.75, 3.05) is 9.80 Å². The standard InChI is InChI=1S/C64H46N4/c1-5-19-46(20-6-1)65(51-39-41-63-58(43-51)56-27-13-15-32-61(56)67(63)48-23-9-3-10-24-48)50-37-35-45(36-38-50)53-29-17-31-55-54(53)30-18-34-60(55)66(47-21-7-2-8-22-47)52-40-42-64-59(44-52)57-28-14-16-33-62(57)68(64)49-25-11-4-12-26-49/h1-9,11-23,25-44H,10,24H2. The highest BCUT2D eigenvalue weighted by molar-refractivity contribution is 6.13. The molecule has 0 bridgehead atoms. The van der Waals surface area contributed by atoms with E-state index in [4.69, 9.17) is 0 Å². The summed E-state index contributed by atoms with van der Waals surface area (Å²) in [5, 5.41) is 7.35. The van der Waals surface area contributed by atoms with Crippen LogP contribution in [0.1, 0.15) is 12.8 Å². The van der Waals surface area contributed by atoms with Crippen LogP contribution in [0.2, 0.25) is 0 Å². The highest BCUT2D eigenvalue weighted by Gasteiger charge is 2.21. The Morgan fingerprint density at radius 3 is 1.50 bits per heavy atom. The van der Waals surface area contributed by atoms with Gasteiger partial charge in [-0.1, -0.05) is 146 Å². The van der Waals surface area contributed by atoms with Gasteiger partial charge in [-0.3, -0.25) is 0 Å². The summed E-state index contributed by atoms with van der Waals surface area (Å²) in [6.07, 6.45) is 8.80. The van der Waals surface area contributed by atoms with Gasteiger partial charge in [-0.2, -0.15) is 0 Å². The van der Waals surface area contributed by atoms with E-state index in [1.54, 1.807) is 0 Å². The summed E-state index contributed by atoms with van der Waals surface area (Å²) in [4.78, 5) is 4.80. The average Bonchev–Trinajstić information content (AvgIpc) is 3.92. The van der Waals surface area contributed by atoms with E-state index in [1.807, 2.05) is 0 Å². The summed E-state index contributed by atoms with van der Waals surface area (Å²) in [5.74, 6) is 0. The molecule has 4 nitrogen and oxygen atoms in total. The molecule has 1 aliphatic carbocycles. The minimum Gasteiger partial charge on any atom is -0.313 e. The number of hydrogen-bond donors (Lipinski definition) is 0. The molecule has 0 radical (unpaired) electrons. The summed E-state index contributed by atoms with van der Waals surface area (Å²) in [5.41, 5.74) is 16.4. The van der Waals surface area contributed by atoms with Crippen LogP contribution in [0, 0.1) is 0 Å². The van der Waals surface area contributed by atoms with Gasteiger partial charge in [-0.15, -0.1) is 0 Å². The van der Waals surface area contributed by atoms with Crippen molar-refractivity contribution in [1.82, 2.24) is 9.13 Å². The van der Waals surface area contributed by atoms with Gasteiger partial charge in [0.2, 0.25) is 0 Å². The van der Waals surface area contributed by atoms with E-state index in [0.717, 1.165) is 52.7 Å². The Bertz CT molecular complexity index is 3900. The van der Waals surface area contributed by atoms with Gasteiger partial charge in [0.25, 0.3) is 0 Å². The molecule has 0 unspecified atom stereocenters. The molecule has 4 heteroatoms. The quantitative estimate of drug-likeness (QED) is 0.144. The molecule has 12 aromatic rings. The summed E-state index contributed by atoms with van der Waals surface area (Å²) < 4.78 is 4.83. The average molecular weight is 871 g/mol. The Morgan fingerprint density at radius 1 is 0.338 bits per heavy atom. The Labute approximate surface area is 395 Å². The number of aromatic nitrogens is 2. The predicted molar refractivity (Wildman–Crippen MR) is 289 cm³/mol. The lowest BCUT2D eigenvalue weighted by molar-refractivity contribution is 0.979. The van der Waals surface area contributed by atoms with Crippen molar-refractivity contribution in [3.05, 3.63) is 255 Å². The van der Waals surface area contributed by atoms with Crippen molar-refractivity contribution in [1.29, 1.82) is 0 Å². The normalized spacial score (nSPS) is 12.6. The molecule has 10 aromatic carbocycles. The third-order valence-corrected chi connectivity index (χ3v) is 13.7. The van der Waals surface area contributed by atoms with Crippen molar-refractivity contribution >= 4 is 94.2 Å². The van der Waals surface area contributed by atoms with Crippen molar-refractivity contribution in [3.8, 4) is 16.8 Å². The number of rotatable bonds is 9. The molecule has 2 aromatic heterocycles.